The Bertz CT molecular complexity index is 618. The second-order valence-corrected chi connectivity index (χ2v) is 3.32. The zero-order chi connectivity index (χ0) is 16.2. The molecule has 0 amide bonds. The van der Waals surface area contributed by atoms with Crippen LogP contribution < -0.4 is 11.4 Å². The molecule has 94 valence electrons. The van der Waals surface area contributed by atoms with Gasteiger partial charge in [0.05, 0.1) is 12.0 Å². The van der Waals surface area contributed by atoms with Crippen LogP contribution in [0.2, 0.25) is 0 Å². The summed E-state index contributed by atoms with van der Waals surface area (Å²) in [5.41, 5.74) is 4.28. The summed E-state index contributed by atoms with van der Waals surface area (Å²) in [4.78, 5) is 15.0. The first-order valence-electron chi connectivity index (χ1n) is 6.57. The zero-order valence-electron chi connectivity index (χ0n) is 12.4. The highest BCUT2D eigenvalue weighted by atomic mass is 16.6. The van der Waals surface area contributed by atoms with Crippen molar-refractivity contribution in [2.24, 2.45) is 0 Å². The molecule has 2 rings (SSSR count). The highest BCUT2D eigenvalue weighted by molar-refractivity contribution is 5.23. The largest absolute Gasteiger partial charge is 0.394 e. The Balaban J connectivity index is 2.52. The van der Waals surface area contributed by atoms with E-state index in [2.05, 4.69) is 4.98 Å². The van der Waals surface area contributed by atoms with Crippen molar-refractivity contribution >= 4 is 5.82 Å². The molecule has 0 unspecified atom stereocenters. The van der Waals surface area contributed by atoms with E-state index in [9.17, 15) is 20.1 Å². The molecule has 0 radical (unpaired) electrons. The third kappa shape index (κ3) is 2.03. The second kappa shape index (κ2) is 4.41. The van der Waals surface area contributed by atoms with Gasteiger partial charge in [0.15, 0.2) is 6.23 Å². The summed E-state index contributed by atoms with van der Waals surface area (Å²) < 4.78 is 34.8. The summed E-state index contributed by atoms with van der Waals surface area (Å²) >= 11 is 0. The first-order valence-corrected chi connectivity index (χ1v) is 4.57. The number of nitrogens with zero attached hydrogens (tertiary/aromatic N) is 2. The van der Waals surface area contributed by atoms with Crippen molar-refractivity contribution < 1.29 is 25.5 Å². The van der Waals surface area contributed by atoms with Gasteiger partial charge in [-0.2, -0.15) is 4.98 Å². The van der Waals surface area contributed by atoms with Gasteiger partial charge in [-0.15, -0.1) is 0 Å². The third-order valence-corrected chi connectivity index (χ3v) is 2.25. The van der Waals surface area contributed by atoms with Crippen LogP contribution in [0.3, 0.4) is 0 Å². The summed E-state index contributed by atoms with van der Waals surface area (Å²) in [6, 6.07) is 1.16. The lowest BCUT2D eigenvalue weighted by atomic mass is 10.1. The minimum absolute atomic E-state index is 0.125. The SMILES string of the molecule is [2H]C([2H])(O)[C@@]1([2H])O[C@@H](n2ccc(N)nc2=O)[C@H](O)[C@]1([2H])O. The van der Waals surface area contributed by atoms with E-state index < -0.39 is 36.7 Å². The maximum atomic E-state index is 11.7. The molecule has 17 heavy (non-hydrogen) atoms. The molecule has 0 bridgehead atoms. The van der Waals surface area contributed by atoms with E-state index in [-0.39, 0.29) is 5.82 Å². The van der Waals surface area contributed by atoms with E-state index in [1.807, 2.05) is 0 Å². The maximum absolute atomic E-state index is 11.7. The number of hydrogen-bond donors (Lipinski definition) is 4. The number of aromatic nitrogens is 2. The lowest BCUT2D eigenvalue weighted by Gasteiger charge is -2.16. The Labute approximate surface area is 102 Å². The third-order valence-electron chi connectivity index (χ3n) is 2.25. The monoisotopic (exact) mass is 247 g/mol. The lowest BCUT2D eigenvalue weighted by molar-refractivity contribution is -0.0549. The number of ether oxygens (including phenoxy) is 1. The summed E-state index contributed by atoms with van der Waals surface area (Å²) in [5.74, 6) is -0.125. The molecule has 8 nitrogen and oxygen atoms in total. The maximum Gasteiger partial charge on any atom is 0.351 e. The summed E-state index contributed by atoms with van der Waals surface area (Å²) in [7, 11) is 0. The molecule has 4 atom stereocenters. The minimum atomic E-state index is -3.48. The first-order chi connectivity index (χ1) is 9.42. The molecule has 5 N–H and O–H groups in total. The van der Waals surface area contributed by atoms with Gasteiger partial charge < -0.3 is 25.8 Å². The van der Waals surface area contributed by atoms with Crippen LogP contribution in [0.25, 0.3) is 0 Å². The van der Waals surface area contributed by atoms with E-state index >= 15 is 0 Å². The highest BCUT2D eigenvalue weighted by Gasteiger charge is 2.43. The van der Waals surface area contributed by atoms with Crippen LogP contribution in [0.5, 0.6) is 0 Å². The van der Waals surface area contributed by atoms with Crippen LogP contribution in [0.15, 0.2) is 17.1 Å². The number of hydrogen-bond acceptors (Lipinski definition) is 7. The number of nitrogens with two attached hydrogens (primary N) is 1. The second-order valence-electron chi connectivity index (χ2n) is 3.32. The van der Waals surface area contributed by atoms with E-state index in [1.165, 1.54) is 0 Å². The topological polar surface area (TPSA) is 131 Å². The molecule has 2 heterocycles. The molecule has 0 aliphatic carbocycles. The van der Waals surface area contributed by atoms with E-state index in [0.29, 0.717) is 4.57 Å². The molecule has 0 spiro atoms. The van der Waals surface area contributed by atoms with Crippen LogP contribution in [0, 0.1) is 0 Å². The molecule has 0 saturated carbocycles. The fraction of sp³-hybridized carbons (Fsp3) is 0.556. The Morgan fingerprint density at radius 1 is 1.71 bits per heavy atom. The van der Waals surface area contributed by atoms with Gasteiger partial charge in [0.2, 0.25) is 0 Å². The van der Waals surface area contributed by atoms with Crippen LogP contribution in [-0.4, -0.2) is 49.7 Å². The number of anilines is 1. The molecular weight excluding hydrogens is 230 g/mol. The zero-order valence-corrected chi connectivity index (χ0v) is 8.44. The van der Waals surface area contributed by atoms with Crippen LogP contribution in [0.1, 0.15) is 11.7 Å². The molecule has 1 aromatic heterocycles. The molecule has 1 aromatic rings. The summed E-state index contributed by atoms with van der Waals surface area (Å²) in [5, 5.41) is 29.0. The predicted molar refractivity (Wildman–Crippen MR) is 55.9 cm³/mol. The van der Waals surface area contributed by atoms with Gasteiger partial charge in [-0.05, 0) is 6.07 Å². The normalized spacial score (nSPS) is 45.8. The number of aliphatic hydroxyl groups excluding tert-OH is 1. The van der Waals surface area contributed by atoms with Gasteiger partial charge in [0.1, 0.15) is 24.1 Å². The lowest BCUT2D eigenvalue weighted by Crippen LogP contribution is -2.36. The van der Waals surface area contributed by atoms with E-state index in [4.69, 9.17) is 16.0 Å². The van der Waals surface area contributed by atoms with E-state index in [0.717, 1.165) is 12.3 Å². The van der Waals surface area contributed by atoms with E-state index in [1.54, 1.807) is 0 Å². The average Bonchev–Trinajstić information content (AvgIpc) is 2.50. The van der Waals surface area contributed by atoms with Crippen molar-refractivity contribution in [1.82, 2.24) is 9.55 Å². The molecule has 1 aliphatic rings. The number of nitrogen functional groups attached to an aromatic ring is 1. The predicted octanol–water partition coefficient (Wildman–Crippen LogP) is -2.56. The smallest absolute Gasteiger partial charge is 0.351 e. The van der Waals surface area contributed by atoms with Gasteiger partial charge in [0, 0.05) is 6.20 Å². The quantitative estimate of drug-likeness (QED) is 0.452. The van der Waals surface area contributed by atoms with Crippen molar-refractivity contribution in [2.75, 3.05) is 12.3 Å². The first kappa shape index (κ1) is 7.77. The van der Waals surface area contributed by atoms with Gasteiger partial charge in [-0.3, -0.25) is 4.57 Å². The molecule has 1 aliphatic heterocycles. The summed E-state index contributed by atoms with van der Waals surface area (Å²) in [6.45, 7) is -3.48. The van der Waals surface area contributed by atoms with Crippen molar-refractivity contribution in [3.05, 3.63) is 22.7 Å². The molecular formula is C9H13N3O5. The fourth-order valence-corrected chi connectivity index (χ4v) is 1.43. The number of aliphatic hydroxyl groups is 3. The Kier molecular flexibility index (Phi) is 2.02. The van der Waals surface area contributed by atoms with Gasteiger partial charge in [-0.25, -0.2) is 4.79 Å². The molecule has 8 heteroatoms. The average molecular weight is 247 g/mol. The fourth-order valence-electron chi connectivity index (χ4n) is 1.43. The molecule has 0 aromatic carbocycles. The van der Waals surface area contributed by atoms with Gasteiger partial charge in [-0.1, -0.05) is 0 Å². The van der Waals surface area contributed by atoms with Crippen molar-refractivity contribution in [1.29, 1.82) is 0 Å². The van der Waals surface area contributed by atoms with Crippen molar-refractivity contribution in [3.63, 3.8) is 0 Å². The van der Waals surface area contributed by atoms with Gasteiger partial charge >= 0.3 is 5.69 Å². The molecule has 1 fully saturated rings. The molecule has 1 saturated heterocycles. The van der Waals surface area contributed by atoms with Crippen LogP contribution >= 0.6 is 0 Å². The Hall–Kier alpha value is -1.48. The Morgan fingerprint density at radius 2 is 2.41 bits per heavy atom. The summed E-state index contributed by atoms with van der Waals surface area (Å²) in [6.07, 6.45) is -9.44. The van der Waals surface area contributed by atoms with Crippen molar-refractivity contribution in [2.45, 2.75) is 24.5 Å². The van der Waals surface area contributed by atoms with Crippen LogP contribution in [0.4, 0.5) is 5.82 Å². The van der Waals surface area contributed by atoms with Gasteiger partial charge in [0.25, 0.3) is 0 Å². The Morgan fingerprint density at radius 3 is 2.94 bits per heavy atom. The minimum Gasteiger partial charge on any atom is -0.394 e. The van der Waals surface area contributed by atoms with Crippen molar-refractivity contribution in [3.8, 4) is 0 Å². The standard InChI is InChI=1S/C9H13N3O5/c10-5-1-2-12(9(16)11-5)8-7(15)6(14)4(3-13)17-8/h1-2,4,6-8,13-15H,3H2,(H2,10,11,16)/t4-,6-,7-,8-/m1/s1/i3D2,4D,6D. The highest BCUT2D eigenvalue weighted by Crippen LogP contribution is 2.27. The van der Waals surface area contributed by atoms with Crippen LogP contribution in [-0.2, 0) is 4.74 Å². The number of rotatable bonds is 2.